The Hall–Kier alpha value is -2.89. The normalized spacial score (nSPS) is 16.7. The van der Waals surface area contributed by atoms with E-state index in [0.29, 0.717) is 25.2 Å². The highest BCUT2D eigenvalue weighted by atomic mass is 16.2. The minimum Gasteiger partial charge on any atom is -0.340 e. The predicted octanol–water partition coefficient (Wildman–Crippen LogP) is 2.12. The minimum atomic E-state index is -0.420. The molecule has 1 aliphatic rings. The summed E-state index contributed by atoms with van der Waals surface area (Å²) in [5, 5.41) is 0. The molecule has 1 saturated heterocycles. The summed E-state index contributed by atoms with van der Waals surface area (Å²) in [7, 11) is 1.74. The van der Waals surface area contributed by atoms with E-state index in [-0.39, 0.29) is 11.8 Å². The van der Waals surface area contributed by atoms with Gasteiger partial charge in [0.05, 0.1) is 12.5 Å². The van der Waals surface area contributed by atoms with Crippen LogP contribution in [-0.4, -0.2) is 57.3 Å². The molecule has 2 amide bonds. The molecular formula is C19H22N4O2. The minimum absolute atomic E-state index is 0.0449. The van der Waals surface area contributed by atoms with E-state index in [4.69, 9.17) is 0 Å². The van der Waals surface area contributed by atoms with Crippen molar-refractivity contribution in [2.75, 3.05) is 20.1 Å². The zero-order valence-electron chi connectivity index (χ0n) is 14.3. The summed E-state index contributed by atoms with van der Waals surface area (Å²) in [6.45, 7) is 4.72. The first-order valence-corrected chi connectivity index (χ1v) is 8.38. The van der Waals surface area contributed by atoms with Crippen molar-refractivity contribution in [3.05, 3.63) is 61.2 Å². The zero-order valence-corrected chi connectivity index (χ0v) is 14.3. The van der Waals surface area contributed by atoms with Crippen molar-refractivity contribution in [3.8, 4) is 5.69 Å². The van der Waals surface area contributed by atoms with Gasteiger partial charge < -0.3 is 9.80 Å². The summed E-state index contributed by atoms with van der Waals surface area (Å²) in [6, 6.07) is 9.17. The molecule has 6 heteroatoms. The molecule has 0 radical (unpaired) electrons. The summed E-state index contributed by atoms with van der Waals surface area (Å²) < 4.78 is 1.76. The second kappa shape index (κ2) is 7.34. The number of carbonyl (C=O) groups is 2. The van der Waals surface area contributed by atoms with Gasteiger partial charge in [-0.15, -0.1) is 6.58 Å². The maximum absolute atomic E-state index is 13.1. The van der Waals surface area contributed by atoms with Gasteiger partial charge in [0.25, 0.3) is 5.91 Å². The van der Waals surface area contributed by atoms with E-state index in [1.807, 2.05) is 30.3 Å². The zero-order chi connectivity index (χ0) is 17.8. The lowest BCUT2D eigenvalue weighted by Crippen LogP contribution is -2.47. The smallest absolute Gasteiger partial charge is 0.273 e. The van der Waals surface area contributed by atoms with Gasteiger partial charge in [0.2, 0.25) is 5.91 Å². The molecule has 1 aromatic carbocycles. The Morgan fingerprint density at radius 1 is 1.36 bits per heavy atom. The van der Waals surface area contributed by atoms with Gasteiger partial charge in [0.15, 0.2) is 0 Å². The second-order valence-corrected chi connectivity index (χ2v) is 6.15. The average molecular weight is 338 g/mol. The van der Waals surface area contributed by atoms with Crippen LogP contribution in [0.2, 0.25) is 0 Å². The SMILES string of the molecule is C=CCN(C)C(=O)[C@H]1CCCN1C(=O)c1cncn1-c1ccccc1. The first-order chi connectivity index (χ1) is 12.1. The number of para-hydroxylation sites is 1. The van der Waals surface area contributed by atoms with Crippen molar-refractivity contribution < 1.29 is 9.59 Å². The molecule has 3 rings (SSSR count). The van der Waals surface area contributed by atoms with Gasteiger partial charge in [-0.05, 0) is 25.0 Å². The number of likely N-dealkylation sites (tertiary alicyclic amines) is 1. The number of likely N-dealkylation sites (N-methyl/N-ethyl adjacent to an activating group) is 1. The molecule has 0 unspecified atom stereocenters. The Bertz CT molecular complexity index is 769. The Morgan fingerprint density at radius 2 is 2.12 bits per heavy atom. The van der Waals surface area contributed by atoms with Crippen LogP contribution >= 0.6 is 0 Å². The topological polar surface area (TPSA) is 58.4 Å². The third-order valence-electron chi connectivity index (χ3n) is 4.47. The molecule has 25 heavy (non-hydrogen) atoms. The van der Waals surface area contributed by atoms with Gasteiger partial charge in [-0.2, -0.15) is 0 Å². The van der Waals surface area contributed by atoms with Crippen LogP contribution in [0.3, 0.4) is 0 Å². The molecule has 130 valence electrons. The third kappa shape index (κ3) is 3.33. The fourth-order valence-electron chi connectivity index (χ4n) is 3.20. The number of nitrogens with zero attached hydrogens (tertiary/aromatic N) is 4. The molecule has 0 bridgehead atoms. The van der Waals surface area contributed by atoms with Crippen LogP contribution in [0, 0.1) is 0 Å². The standard InChI is InChI=1S/C19H22N4O2/c1-3-11-21(2)18(24)16-10-7-12-22(16)19(25)17-13-20-14-23(17)15-8-5-4-6-9-15/h3-6,8-9,13-14,16H,1,7,10-12H2,2H3/t16-/m1/s1. The maximum atomic E-state index is 13.1. The van der Waals surface area contributed by atoms with E-state index in [9.17, 15) is 9.59 Å². The van der Waals surface area contributed by atoms with Crippen molar-refractivity contribution in [1.82, 2.24) is 19.4 Å². The second-order valence-electron chi connectivity index (χ2n) is 6.15. The van der Waals surface area contributed by atoms with Gasteiger partial charge in [-0.1, -0.05) is 24.3 Å². The van der Waals surface area contributed by atoms with E-state index in [1.54, 1.807) is 40.0 Å². The van der Waals surface area contributed by atoms with Crippen LogP contribution in [0.15, 0.2) is 55.5 Å². The van der Waals surface area contributed by atoms with Crippen LogP contribution in [-0.2, 0) is 4.79 Å². The summed E-state index contributed by atoms with van der Waals surface area (Å²) in [5.41, 5.74) is 1.34. The van der Waals surface area contributed by atoms with Crippen molar-refractivity contribution in [1.29, 1.82) is 0 Å². The Morgan fingerprint density at radius 3 is 2.84 bits per heavy atom. The molecular weight excluding hydrogens is 316 g/mol. The van der Waals surface area contributed by atoms with Gasteiger partial charge >= 0.3 is 0 Å². The molecule has 1 atom stereocenters. The predicted molar refractivity (Wildman–Crippen MR) is 95.5 cm³/mol. The first-order valence-electron chi connectivity index (χ1n) is 8.38. The van der Waals surface area contributed by atoms with E-state index in [0.717, 1.165) is 12.1 Å². The van der Waals surface area contributed by atoms with Crippen molar-refractivity contribution in [2.45, 2.75) is 18.9 Å². The van der Waals surface area contributed by atoms with E-state index in [1.165, 1.54) is 0 Å². The van der Waals surface area contributed by atoms with Crippen molar-refractivity contribution >= 4 is 11.8 Å². The van der Waals surface area contributed by atoms with Crippen LogP contribution < -0.4 is 0 Å². The number of aromatic nitrogens is 2. The lowest BCUT2D eigenvalue weighted by molar-refractivity contribution is -0.133. The number of benzene rings is 1. The van der Waals surface area contributed by atoms with Gasteiger partial charge in [-0.25, -0.2) is 4.98 Å². The van der Waals surface area contributed by atoms with Gasteiger partial charge in [0, 0.05) is 25.8 Å². The number of rotatable bonds is 5. The number of amides is 2. The fourth-order valence-corrected chi connectivity index (χ4v) is 3.20. The van der Waals surface area contributed by atoms with Gasteiger partial charge in [-0.3, -0.25) is 14.2 Å². The number of imidazole rings is 1. The summed E-state index contributed by atoms with van der Waals surface area (Å²) in [5.74, 6) is -0.208. The third-order valence-corrected chi connectivity index (χ3v) is 4.47. The lowest BCUT2D eigenvalue weighted by Gasteiger charge is -2.27. The molecule has 2 heterocycles. The largest absolute Gasteiger partial charge is 0.340 e. The quantitative estimate of drug-likeness (QED) is 0.785. The molecule has 1 fully saturated rings. The van der Waals surface area contributed by atoms with Crippen LogP contribution in [0.4, 0.5) is 0 Å². The molecule has 1 aromatic heterocycles. The molecule has 2 aromatic rings. The Balaban J connectivity index is 1.85. The molecule has 0 N–H and O–H groups in total. The fraction of sp³-hybridized carbons (Fsp3) is 0.316. The summed E-state index contributed by atoms with van der Waals surface area (Å²) in [6.07, 6.45) is 6.38. The Labute approximate surface area is 147 Å². The summed E-state index contributed by atoms with van der Waals surface area (Å²) >= 11 is 0. The molecule has 0 aliphatic carbocycles. The van der Waals surface area contributed by atoms with Crippen LogP contribution in [0.5, 0.6) is 0 Å². The molecule has 6 nitrogen and oxygen atoms in total. The average Bonchev–Trinajstić information content (AvgIpc) is 3.31. The Kier molecular flexibility index (Phi) is 4.97. The van der Waals surface area contributed by atoms with E-state index in [2.05, 4.69) is 11.6 Å². The highest BCUT2D eigenvalue weighted by molar-refractivity contribution is 5.97. The maximum Gasteiger partial charge on any atom is 0.273 e. The first kappa shape index (κ1) is 17.0. The number of carbonyl (C=O) groups excluding carboxylic acids is 2. The summed E-state index contributed by atoms with van der Waals surface area (Å²) in [4.78, 5) is 33.1. The van der Waals surface area contributed by atoms with Crippen LogP contribution in [0.25, 0.3) is 5.69 Å². The lowest BCUT2D eigenvalue weighted by atomic mass is 10.2. The van der Waals surface area contributed by atoms with E-state index < -0.39 is 6.04 Å². The number of hydrogen-bond donors (Lipinski definition) is 0. The highest BCUT2D eigenvalue weighted by Gasteiger charge is 2.36. The van der Waals surface area contributed by atoms with Crippen molar-refractivity contribution in [2.24, 2.45) is 0 Å². The highest BCUT2D eigenvalue weighted by Crippen LogP contribution is 2.23. The van der Waals surface area contributed by atoms with E-state index >= 15 is 0 Å². The van der Waals surface area contributed by atoms with Gasteiger partial charge in [0.1, 0.15) is 11.7 Å². The molecule has 0 saturated carbocycles. The van der Waals surface area contributed by atoms with Crippen LogP contribution in [0.1, 0.15) is 23.3 Å². The number of hydrogen-bond acceptors (Lipinski definition) is 3. The van der Waals surface area contributed by atoms with Crippen molar-refractivity contribution in [3.63, 3.8) is 0 Å². The molecule has 1 aliphatic heterocycles. The monoisotopic (exact) mass is 338 g/mol. The molecule has 0 spiro atoms.